The van der Waals surface area contributed by atoms with Crippen LogP contribution in [-0.4, -0.2) is 5.78 Å². The largest absolute Gasteiger partial charge is 0.444 e. The van der Waals surface area contributed by atoms with Crippen molar-refractivity contribution >= 4 is 17.1 Å². The summed E-state index contributed by atoms with van der Waals surface area (Å²) in [5.74, 6) is 0.438. The average Bonchev–Trinajstić information content (AvgIpc) is 2.88. The van der Waals surface area contributed by atoms with E-state index < -0.39 is 0 Å². The van der Waals surface area contributed by atoms with E-state index >= 15 is 0 Å². The van der Waals surface area contributed by atoms with Gasteiger partial charge in [-0.25, -0.2) is 0 Å². The number of rotatable bonds is 1. The minimum atomic E-state index is -0.373. The zero-order valence-electron chi connectivity index (χ0n) is 12.0. The van der Waals surface area contributed by atoms with Gasteiger partial charge in [-0.05, 0) is 16.9 Å². The van der Waals surface area contributed by atoms with Crippen LogP contribution in [0.15, 0.2) is 40.3 Å². The van der Waals surface area contributed by atoms with Crippen molar-refractivity contribution < 1.29 is 9.53 Å². The maximum Gasteiger partial charge on any atom is 0.205 e. The van der Waals surface area contributed by atoms with Crippen LogP contribution < -0.4 is 5.73 Å². The van der Waals surface area contributed by atoms with Crippen LogP contribution in [0.1, 0.15) is 37.5 Å². The van der Waals surface area contributed by atoms with E-state index in [2.05, 4.69) is 6.07 Å². The normalized spacial score (nSPS) is 24.4. The molecule has 0 bridgehead atoms. The number of carbonyl (C=O) groups excluding carboxylic acids is 1. The molecule has 0 amide bonds. The Morgan fingerprint density at radius 3 is 2.86 bits per heavy atom. The third kappa shape index (κ3) is 2.26. The first-order valence-corrected chi connectivity index (χ1v) is 7.68. The topological polar surface area (TPSA) is 76.1 Å². The summed E-state index contributed by atoms with van der Waals surface area (Å²) >= 11 is 1.53. The van der Waals surface area contributed by atoms with E-state index in [9.17, 15) is 10.1 Å². The van der Waals surface area contributed by atoms with Crippen LogP contribution >= 0.6 is 11.3 Å². The molecule has 0 aromatic carbocycles. The predicted octanol–water partition coefficient (Wildman–Crippen LogP) is 3.20. The Bertz CT molecular complexity index is 705. The molecule has 0 radical (unpaired) electrons. The Morgan fingerprint density at radius 2 is 2.24 bits per heavy atom. The van der Waals surface area contributed by atoms with Gasteiger partial charge in [0.05, 0.1) is 5.92 Å². The number of hydrogen-bond acceptors (Lipinski definition) is 5. The molecule has 2 N–H and O–H groups in total. The maximum absolute atomic E-state index is 12.6. The van der Waals surface area contributed by atoms with Crippen LogP contribution in [0.5, 0.6) is 0 Å². The molecule has 5 heteroatoms. The van der Waals surface area contributed by atoms with Crippen molar-refractivity contribution in [2.45, 2.75) is 32.6 Å². The van der Waals surface area contributed by atoms with E-state index in [1.54, 1.807) is 0 Å². The molecule has 21 heavy (non-hydrogen) atoms. The second-order valence-corrected chi connectivity index (χ2v) is 7.20. The summed E-state index contributed by atoms with van der Waals surface area (Å²) in [6, 6.07) is 5.96. The van der Waals surface area contributed by atoms with E-state index in [0.29, 0.717) is 29.7 Å². The molecule has 3 rings (SSSR count). The van der Waals surface area contributed by atoms with Gasteiger partial charge in [0, 0.05) is 23.3 Å². The summed E-state index contributed by atoms with van der Waals surface area (Å²) in [5, 5.41) is 11.4. The fraction of sp³-hybridized carbons (Fsp3) is 0.375. The summed E-state index contributed by atoms with van der Waals surface area (Å²) in [5.41, 5.74) is 6.73. The van der Waals surface area contributed by atoms with Gasteiger partial charge in [-0.2, -0.15) is 5.26 Å². The zero-order chi connectivity index (χ0) is 15.2. The predicted molar refractivity (Wildman–Crippen MR) is 80.0 cm³/mol. The summed E-state index contributed by atoms with van der Waals surface area (Å²) in [4.78, 5) is 13.6. The number of nitriles is 1. The molecule has 1 aliphatic carbocycles. The number of ether oxygens (including phenoxy) is 1. The Kier molecular flexibility index (Phi) is 3.14. The van der Waals surface area contributed by atoms with Crippen molar-refractivity contribution in [2.24, 2.45) is 11.1 Å². The van der Waals surface area contributed by atoms with Gasteiger partial charge in [0.25, 0.3) is 0 Å². The van der Waals surface area contributed by atoms with Crippen LogP contribution in [-0.2, 0) is 9.53 Å². The monoisotopic (exact) mass is 300 g/mol. The molecule has 2 aliphatic rings. The van der Waals surface area contributed by atoms with Gasteiger partial charge in [-0.15, -0.1) is 11.3 Å². The average molecular weight is 300 g/mol. The summed E-state index contributed by atoms with van der Waals surface area (Å²) in [7, 11) is 0. The number of allylic oxidation sites excluding steroid dienone is 3. The number of nitrogens with zero attached hydrogens (tertiary/aromatic N) is 1. The Labute approximate surface area is 127 Å². The number of carbonyl (C=O) groups is 1. The highest BCUT2D eigenvalue weighted by molar-refractivity contribution is 7.10. The number of nitrogens with two attached hydrogens (primary N) is 1. The van der Waals surface area contributed by atoms with Crippen molar-refractivity contribution in [1.82, 2.24) is 0 Å². The standard InChI is InChI=1S/C16H16N2O2S/c1-16(2)6-10(19)14-11(7-16)20-15(18)9(8-17)13(14)12-4-3-5-21-12/h3-5,13H,6-7,18H2,1-2H3/t13-/m1/s1. The van der Waals surface area contributed by atoms with Crippen molar-refractivity contribution in [2.75, 3.05) is 0 Å². The lowest BCUT2D eigenvalue weighted by atomic mass is 9.71. The maximum atomic E-state index is 12.6. The molecule has 4 nitrogen and oxygen atoms in total. The smallest absolute Gasteiger partial charge is 0.205 e. The van der Waals surface area contributed by atoms with Gasteiger partial charge in [0.2, 0.25) is 5.88 Å². The highest BCUT2D eigenvalue weighted by atomic mass is 32.1. The molecule has 1 aromatic rings. The minimum absolute atomic E-state index is 0.0555. The lowest BCUT2D eigenvalue weighted by Gasteiger charge is -2.36. The highest BCUT2D eigenvalue weighted by Crippen LogP contribution is 2.48. The summed E-state index contributed by atoms with van der Waals surface area (Å²) in [6.07, 6.45) is 1.13. The van der Waals surface area contributed by atoms with Crippen molar-refractivity contribution in [3.05, 3.63) is 45.2 Å². The Hall–Kier alpha value is -2.06. The number of hydrogen-bond donors (Lipinski definition) is 1. The van der Waals surface area contributed by atoms with E-state index in [-0.39, 0.29) is 23.0 Å². The lowest BCUT2D eigenvalue weighted by Crippen LogP contribution is -2.33. The highest BCUT2D eigenvalue weighted by Gasteiger charge is 2.43. The van der Waals surface area contributed by atoms with Crippen molar-refractivity contribution in [1.29, 1.82) is 5.26 Å². The van der Waals surface area contributed by atoms with E-state index in [4.69, 9.17) is 10.5 Å². The molecular weight excluding hydrogens is 284 g/mol. The molecule has 2 heterocycles. The first-order valence-electron chi connectivity index (χ1n) is 6.80. The number of Topliss-reactive ketones (excluding diaryl/α,β-unsaturated/α-hetero) is 1. The van der Waals surface area contributed by atoms with Gasteiger partial charge >= 0.3 is 0 Å². The molecule has 0 saturated carbocycles. The summed E-state index contributed by atoms with van der Waals surface area (Å²) < 4.78 is 5.63. The molecule has 0 fully saturated rings. The Balaban J connectivity index is 2.17. The molecular formula is C16H16N2O2S. The van der Waals surface area contributed by atoms with Crippen LogP contribution in [0.25, 0.3) is 0 Å². The molecule has 1 aromatic heterocycles. The second kappa shape index (κ2) is 4.74. The van der Waals surface area contributed by atoms with Gasteiger partial charge in [-0.3, -0.25) is 4.79 Å². The quantitative estimate of drug-likeness (QED) is 0.864. The SMILES string of the molecule is CC1(C)CC(=O)C2=C(C1)OC(N)=C(C#N)[C@@H]2c1cccs1. The molecule has 0 saturated heterocycles. The van der Waals surface area contributed by atoms with Crippen LogP contribution in [0.2, 0.25) is 0 Å². The number of thiophene rings is 1. The van der Waals surface area contributed by atoms with Gasteiger partial charge in [0.15, 0.2) is 5.78 Å². The third-order valence-corrected chi connectivity index (χ3v) is 4.84. The van der Waals surface area contributed by atoms with Crippen molar-refractivity contribution in [3.8, 4) is 6.07 Å². The van der Waals surface area contributed by atoms with E-state index in [1.807, 2.05) is 31.4 Å². The van der Waals surface area contributed by atoms with Gasteiger partial charge < -0.3 is 10.5 Å². The van der Waals surface area contributed by atoms with Crippen LogP contribution in [0.4, 0.5) is 0 Å². The fourth-order valence-corrected chi connectivity index (χ4v) is 3.87. The van der Waals surface area contributed by atoms with Crippen molar-refractivity contribution in [3.63, 3.8) is 0 Å². The molecule has 108 valence electrons. The molecule has 0 unspecified atom stereocenters. The Morgan fingerprint density at radius 1 is 1.48 bits per heavy atom. The molecule has 1 atom stereocenters. The van der Waals surface area contributed by atoms with Crippen LogP contribution in [0, 0.1) is 16.7 Å². The van der Waals surface area contributed by atoms with Gasteiger partial charge in [-0.1, -0.05) is 19.9 Å². The number of ketones is 1. The third-order valence-electron chi connectivity index (χ3n) is 3.90. The molecule has 1 aliphatic heterocycles. The molecule has 0 spiro atoms. The first-order chi connectivity index (χ1) is 9.93. The first kappa shape index (κ1) is 13.9. The zero-order valence-corrected chi connectivity index (χ0v) is 12.8. The second-order valence-electron chi connectivity index (χ2n) is 6.22. The fourth-order valence-electron chi connectivity index (χ4n) is 3.02. The minimum Gasteiger partial charge on any atom is -0.444 e. The van der Waals surface area contributed by atoms with Gasteiger partial charge in [0.1, 0.15) is 17.4 Å². The lowest BCUT2D eigenvalue weighted by molar-refractivity contribution is -0.119. The van der Waals surface area contributed by atoms with Crippen LogP contribution in [0.3, 0.4) is 0 Å². The van der Waals surface area contributed by atoms with E-state index in [1.165, 1.54) is 11.3 Å². The summed E-state index contributed by atoms with van der Waals surface area (Å²) in [6.45, 7) is 4.08. The van der Waals surface area contributed by atoms with E-state index in [0.717, 1.165) is 4.88 Å².